The Morgan fingerprint density at radius 2 is 1.50 bits per heavy atom. The Balaban J connectivity index is 1.89. The molecule has 0 aliphatic carbocycles. The van der Waals surface area contributed by atoms with Gasteiger partial charge in [-0.3, -0.25) is 4.98 Å². The minimum absolute atomic E-state index is 0.686. The molecule has 1 aromatic heterocycles. The van der Waals surface area contributed by atoms with Gasteiger partial charge in [0.2, 0.25) is 0 Å². The van der Waals surface area contributed by atoms with Crippen LogP contribution < -0.4 is 0 Å². The molecule has 0 atom stereocenters. The van der Waals surface area contributed by atoms with Crippen LogP contribution >= 0.6 is 0 Å². The molecule has 0 aliphatic heterocycles. The first kappa shape index (κ1) is 14.5. The van der Waals surface area contributed by atoms with Crippen molar-refractivity contribution >= 4 is 0 Å². The lowest BCUT2D eigenvalue weighted by molar-refractivity contribution is 0.647. The van der Waals surface area contributed by atoms with E-state index < -0.39 is 0 Å². The topological polar surface area (TPSA) is 12.9 Å². The second kappa shape index (κ2) is 6.57. The second-order valence-electron chi connectivity index (χ2n) is 6.09. The summed E-state index contributed by atoms with van der Waals surface area (Å²) in [5.74, 6) is 0.686. The molecule has 0 unspecified atom stereocenters. The van der Waals surface area contributed by atoms with Crippen molar-refractivity contribution in [3.8, 4) is 22.4 Å². The monoisotopic (exact) mass is 287 g/mol. The van der Waals surface area contributed by atoms with Crippen molar-refractivity contribution in [2.45, 2.75) is 20.3 Å². The zero-order chi connectivity index (χ0) is 15.4. The van der Waals surface area contributed by atoms with Gasteiger partial charge in [-0.15, -0.1) is 0 Å². The van der Waals surface area contributed by atoms with E-state index in [2.05, 4.69) is 79.5 Å². The van der Waals surface area contributed by atoms with Crippen molar-refractivity contribution in [1.29, 1.82) is 0 Å². The Bertz CT molecular complexity index is 727. The summed E-state index contributed by atoms with van der Waals surface area (Å²) < 4.78 is 0. The van der Waals surface area contributed by atoms with E-state index in [-0.39, 0.29) is 0 Å². The zero-order valence-corrected chi connectivity index (χ0v) is 13.2. The molecule has 0 N–H and O–H groups in total. The maximum atomic E-state index is 4.53. The quantitative estimate of drug-likeness (QED) is 0.607. The first-order valence-corrected chi connectivity index (χ1v) is 7.83. The highest BCUT2D eigenvalue weighted by atomic mass is 14.7. The van der Waals surface area contributed by atoms with Gasteiger partial charge in [0, 0.05) is 11.8 Å². The molecule has 3 aromatic rings. The van der Waals surface area contributed by atoms with E-state index in [0.29, 0.717) is 5.92 Å². The maximum Gasteiger partial charge on any atom is 0.0708 e. The Kier molecular flexibility index (Phi) is 4.34. The molecule has 2 aromatic carbocycles. The van der Waals surface area contributed by atoms with E-state index in [1.54, 1.807) is 0 Å². The van der Waals surface area contributed by atoms with E-state index in [1.165, 1.54) is 22.3 Å². The van der Waals surface area contributed by atoms with E-state index in [4.69, 9.17) is 0 Å². The normalized spacial score (nSPS) is 10.9. The fourth-order valence-corrected chi connectivity index (χ4v) is 2.68. The molecule has 0 bridgehead atoms. The van der Waals surface area contributed by atoms with E-state index in [1.807, 2.05) is 12.3 Å². The van der Waals surface area contributed by atoms with Crippen LogP contribution in [0.5, 0.6) is 0 Å². The van der Waals surface area contributed by atoms with Gasteiger partial charge < -0.3 is 0 Å². The zero-order valence-electron chi connectivity index (χ0n) is 13.2. The second-order valence-corrected chi connectivity index (χ2v) is 6.09. The Hall–Kier alpha value is -2.41. The van der Waals surface area contributed by atoms with Crippen LogP contribution in [-0.2, 0) is 6.42 Å². The van der Waals surface area contributed by atoms with Crippen molar-refractivity contribution < 1.29 is 0 Å². The molecule has 1 heteroatoms. The fourth-order valence-electron chi connectivity index (χ4n) is 2.68. The number of nitrogens with zero attached hydrogens (tertiary/aromatic N) is 1. The first-order valence-electron chi connectivity index (χ1n) is 7.83. The van der Waals surface area contributed by atoms with Crippen molar-refractivity contribution in [3.05, 3.63) is 78.5 Å². The molecular formula is C21H21N. The molecule has 0 aliphatic rings. The van der Waals surface area contributed by atoms with Crippen LogP contribution in [0.25, 0.3) is 22.4 Å². The van der Waals surface area contributed by atoms with E-state index in [9.17, 15) is 0 Å². The van der Waals surface area contributed by atoms with Crippen molar-refractivity contribution in [1.82, 2.24) is 4.98 Å². The summed E-state index contributed by atoms with van der Waals surface area (Å²) in [5.41, 5.74) is 6.01. The molecule has 1 heterocycles. The molecule has 0 saturated heterocycles. The van der Waals surface area contributed by atoms with Gasteiger partial charge in [-0.05, 0) is 41.2 Å². The largest absolute Gasteiger partial charge is 0.256 e. The van der Waals surface area contributed by atoms with Gasteiger partial charge in [0.25, 0.3) is 0 Å². The average Bonchev–Trinajstić information content (AvgIpc) is 2.56. The fraction of sp³-hybridized carbons (Fsp3) is 0.190. The molecule has 0 saturated carbocycles. The molecule has 22 heavy (non-hydrogen) atoms. The van der Waals surface area contributed by atoms with Gasteiger partial charge in [0.05, 0.1) is 5.69 Å². The number of hydrogen-bond donors (Lipinski definition) is 0. The van der Waals surface area contributed by atoms with E-state index >= 15 is 0 Å². The summed E-state index contributed by atoms with van der Waals surface area (Å²) >= 11 is 0. The molecule has 0 fully saturated rings. The molecule has 110 valence electrons. The smallest absolute Gasteiger partial charge is 0.0708 e. The highest BCUT2D eigenvalue weighted by Crippen LogP contribution is 2.25. The molecule has 1 nitrogen and oxygen atoms in total. The highest BCUT2D eigenvalue weighted by molar-refractivity contribution is 5.70. The van der Waals surface area contributed by atoms with Crippen LogP contribution in [0.2, 0.25) is 0 Å². The summed E-state index contributed by atoms with van der Waals surface area (Å²) in [6.45, 7) is 4.50. The summed E-state index contributed by atoms with van der Waals surface area (Å²) in [6, 6.07) is 23.4. The minimum Gasteiger partial charge on any atom is -0.256 e. The van der Waals surface area contributed by atoms with Crippen molar-refractivity contribution in [3.63, 3.8) is 0 Å². The Morgan fingerprint density at radius 3 is 2.18 bits per heavy atom. The third-order valence-corrected chi connectivity index (χ3v) is 3.76. The average molecular weight is 287 g/mol. The lowest BCUT2D eigenvalue weighted by atomic mass is 9.99. The molecule has 0 spiro atoms. The lowest BCUT2D eigenvalue weighted by Crippen LogP contribution is -1.93. The minimum atomic E-state index is 0.686. The summed E-state index contributed by atoms with van der Waals surface area (Å²) in [5, 5.41) is 0. The van der Waals surface area contributed by atoms with Gasteiger partial charge in [-0.2, -0.15) is 0 Å². The van der Waals surface area contributed by atoms with Crippen LogP contribution in [0.3, 0.4) is 0 Å². The van der Waals surface area contributed by atoms with Gasteiger partial charge in [0.1, 0.15) is 0 Å². The Morgan fingerprint density at radius 1 is 0.773 bits per heavy atom. The van der Waals surface area contributed by atoms with Crippen LogP contribution in [-0.4, -0.2) is 4.98 Å². The van der Waals surface area contributed by atoms with Crippen LogP contribution in [0, 0.1) is 5.92 Å². The summed E-state index contributed by atoms with van der Waals surface area (Å²) in [6.07, 6.45) is 3.01. The standard InChI is InChI=1S/C21H21N/c1-16(2)14-17-8-10-19(11-9-17)21-15-20(12-13-22-21)18-6-4-3-5-7-18/h3-13,15-16H,14H2,1-2H3. The third-order valence-electron chi connectivity index (χ3n) is 3.76. The summed E-state index contributed by atoms with van der Waals surface area (Å²) in [7, 11) is 0. The molecular weight excluding hydrogens is 266 g/mol. The number of benzene rings is 2. The van der Waals surface area contributed by atoms with E-state index in [0.717, 1.165) is 12.1 Å². The maximum absolute atomic E-state index is 4.53. The van der Waals surface area contributed by atoms with Gasteiger partial charge in [-0.1, -0.05) is 68.4 Å². The molecule has 3 rings (SSSR count). The predicted octanol–water partition coefficient (Wildman–Crippen LogP) is 5.61. The molecule has 0 amide bonds. The third kappa shape index (κ3) is 3.43. The van der Waals surface area contributed by atoms with Crippen molar-refractivity contribution in [2.75, 3.05) is 0 Å². The number of aromatic nitrogens is 1. The number of rotatable bonds is 4. The van der Waals surface area contributed by atoms with Crippen LogP contribution in [0.1, 0.15) is 19.4 Å². The van der Waals surface area contributed by atoms with Gasteiger partial charge >= 0.3 is 0 Å². The first-order chi connectivity index (χ1) is 10.7. The lowest BCUT2D eigenvalue weighted by Gasteiger charge is -2.08. The predicted molar refractivity (Wildman–Crippen MR) is 93.7 cm³/mol. The number of pyridine rings is 1. The van der Waals surface area contributed by atoms with Crippen molar-refractivity contribution in [2.24, 2.45) is 5.92 Å². The van der Waals surface area contributed by atoms with Crippen LogP contribution in [0.15, 0.2) is 72.9 Å². The summed E-state index contributed by atoms with van der Waals surface area (Å²) in [4.78, 5) is 4.53. The Labute approximate surface area is 132 Å². The van der Waals surface area contributed by atoms with Gasteiger partial charge in [0.15, 0.2) is 0 Å². The molecule has 0 radical (unpaired) electrons. The SMILES string of the molecule is CC(C)Cc1ccc(-c2cc(-c3ccccc3)ccn2)cc1. The van der Waals surface area contributed by atoms with Crippen LogP contribution in [0.4, 0.5) is 0 Å². The highest BCUT2D eigenvalue weighted by Gasteiger charge is 2.04. The van der Waals surface area contributed by atoms with Gasteiger partial charge in [-0.25, -0.2) is 0 Å². The number of hydrogen-bond acceptors (Lipinski definition) is 1.